The van der Waals surface area contributed by atoms with Crippen molar-refractivity contribution >= 4 is 29.2 Å². The third-order valence-corrected chi connectivity index (χ3v) is 3.44. The van der Waals surface area contributed by atoms with Gasteiger partial charge in [0.1, 0.15) is 11.5 Å². The summed E-state index contributed by atoms with van der Waals surface area (Å²) >= 11 is 6.01. The van der Waals surface area contributed by atoms with Gasteiger partial charge in [0.15, 0.2) is 0 Å². The molecule has 120 valence electrons. The van der Waals surface area contributed by atoms with Crippen molar-refractivity contribution in [1.82, 2.24) is 0 Å². The molecule has 0 aliphatic rings. The Bertz CT molecular complexity index is 738. The van der Waals surface area contributed by atoms with E-state index in [1.165, 1.54) is 7.11 Å². The Kier molecular flexibility index (Phi) is 5.66. The first-order valence-corrected chi connectivity index (χ1v) is 7.45. The van der Waals surface area contributed by atoms with Gasteiger partial charge in [-0.25, -0.2) is 4.79 Å². The molecule has 0 aromatic heterocycles. The number of para-hydroxylation sites is 1. The van der Waals surface area contributed by atoms with E-state index in [0.717, 1.165) is 0 Å². The standard InChI is InChI=1S/C18H17ClO4/c1-3-23-16-7-5-4-6-12(16)10-15(18(20)21)14-11-13(19)8-9-17(14)22-2/h4-11H,3H2,1-2H3,(H,20,21)/b15-10-. The molecule has 23 heavy (non-hydrogen) atoms. The highest BCUT2D eigenvalue weighted by Crippen LogP contribution is 2.32. The smallest absolute Gasteiger partial charge is 0.336 e. The molecule has 0 amide bonds. The average molecular weight is 333 g/mol. The van der Waals surface area contributed by atoms with E-state index in [9.17, 15) is 9.90 Å². The number of rotatable bonds is 6. The summed E-state index contributed by atoms with van der Waals surface area (Å²) in [4.78, 5) is 11.7. The van der Waals surface area contributed by atoms with E-state index in [-0.39, 0.29) is 5.57 Å². The van der Waals surface area contributed by atoms with Crippen molar-refractivity contribution in [2.45, 2.75) is 6.92 Å². The van der Waals surface area contributed by atoms with Gasteiger partial charge in [-0.1, -0.05) is 29.8 Å². The molecule has 2 rings (SSSR count). The van der Waals surface area contributed by atoms with Crippen LogP contribution in [0.4, 0.5) is 0 Å². The number of carbonyl (C=O) groups is 1. The highest BCUT2D eigenvalue weighted by atomic mass is 35.5. The van der Waals surface area contributed by atoms with Crippen molar-refractivity contribution in [3.63, 3.8) is 0 Å². The van der Waals surface area contributed by atoms with Crippen LogP contribution >= 0.6 is 11.6 Å². The zero-order valence-corrected chi connectivity index (χ0v) is 13.6. The van der Waals surface area contributed by atoms with Crippen molar-refractivity contribution in [2.75, 3.05) is 13.7 Å². The maximum Gasteiger partial charge on any atom is 0.336 e. The number of halogens is 1. The van der Waals surface area contributed by atoms with Crippen molar-refractivity contribution in [2.24, 2.45) is 0 Å². The van der Waals surface area contributed by atoms with Gasteiger partial charge in [0.05, 0.1) is 19.3 Å². The van der Waals surface area contributed by atoms with Crippen LogP contribution in [0.1, 0.15) is 18.1 Å². The number of methoxy groups -OCH3 is 1. The van der Waals surface area contributed by atoms with Crippen molar-refractivity contribution < 1.29 is 19.4 Å². The van der Waals surface area contributed by atoms with E-state index in [1.54, 1.807) is 36.4 Å². The number of benzene rings is 2. The van der Waals surface area contributed by atoms with Crippen LogP contribution in [0.3, 0.4) is 0 Å². The fourth-order valence-electron chi connectivity index (χ4n) is 2.19. The Morgan fingerprint density at radius 3 is 2.61 bits per heavy atom. The van der Waals surface area contributed by atoms with Gasteiger partial charge in [0, 0.05) is 16.1 Å². The molecular formula is C18H17ClO4. The molecule has 0 aliphatic heterocycles. The van der Waals surface area contributed by atoms with E-state index in [4.69, 9.17) is 21.1 Å². The molecule has 2 aromatic carbocycles. The molecule has 0 atom stereocenters. The van der Waals surface area contributed by atoms with Gasteiger partial charge in [-0.2, -0.15) is 0 Å². The Labute approximate surface area is 139 Å². The summed E-state index contributed by atoms with van der Waals surface area (Å²) in [5.74, 6) is -0.0106. The molecule has 0 fully saturated rings. The van der Waals surface area contributed by atoms with Crippen LogP contribution < -0.4 is 9.47 Å². The largest absolute Gasteiger partial charge is 0.496 e. The van der Waals surface area contributed by atoms with Crippen LogP contribution in [-0.4, -0.2) is 24.8 Å². The lowest BCUT2D eigenvalue weighted by Crippen LogP contribution is -2.02. The third-order valence-electron chi connectivity index (χ3n) is 3.20. The first kappa shape index (κ1) is 16.9. The molecule has 1 N–H and O–H groups in total. The van der Waals surface area contributed by atoms with Crippen LogP contribution in [-0.2, 0) is 4.79 Å². The molecule has 2 aromatic rings. The molecule has 0 aliphatic carbocycles. The van der Waals surface area contributed by atoms with Crippen LogP contribution in [0.5, 0.6) is 11.5 Å². The van der Waals surface area contributed by atoms with Crippen LogP contribution in [0.25, 0.3) is 11.6 Å². The topological polar surface area (TPSA) is 55.8 Å². The van der Waals surface area contributed by atoms with Crippen LogP contribution in [0.2, 0.25) is 5.02 Å². The Morgan fingerprint density at radius 1 is 1.22 bits per heavy atom. The van der Waals surface area contributed by atoms with Gasteiger partial charge in [-0.05, 0) is 37.3 Å². The minimum atomic E-state index is -1.07. The minimum absolute atomic E-state index is 0.0801. The average Bonchev–Trinajstić information content (AvgIpc) is 2.54. The molecule has 0 spiro atoms. The lowest BCUT2D eigenvalue weighted by molar-refractivity contribution is -0.130. The molecule has 0 heterocycles. The molecule has 4 nitrogen and oxygen atoms in total. The fraction of sp³-hybridized carbons (Fsp3) is 0.167. The van der Waals surface area contributed by atoms with Crippen molar-refractivity contribution in [1.29, 1.82) is 0 Å². The predicted molar refractivity (Wildman–Crippen MR) is 91.1 cm³/mol. The van der Waals surface area contributed by atoms with Gasteiger partial charge in [0.2, 0.25) is 0 Å². The number of carboxylic acid groups (broad SMARTS) is 1. The quantitative estimate of drug-likeness (QED) is 0.630. The van der Waals surface area contributed by atoms with Gasteiger partial charge in [0.25, 0.3) is 0 Å². The molecule has 0 unspecified atom stereocenters. The molecule has 0 bridgehead atoms. The maximum atomic E-state index is 11.7. The normalized spacial score (nSPS) is 11.2. The number of carboxylic acids is 1. The summed E-state index contributed by atoms with van der Waals surface area (Å²) < 4.78 is 10.8. The molecule has 0 saturated heterocycles. The molecule has 5 heteroatoms. The van der Waals surface area contributed by atoms with Gasteiger partial charge in [-0.3, -0.25) is 0 Å². The Hall–Kier alpha value is -2.46. The first-order chi connectivity index (χ1) is 11.1. The number of aliphatic carboxylic acids is 1. The third kappa shape index (κ3) is 4.05. The Balaban J connectivity index is 2.60. The summed E-state index contributed by atoms with van der Waals surface area (Å²) in [6.07, 6.45) is 1.56. The van der Waals surface area contributed by atoms with Gasteiger partial charge < -0.3 is 14.6 Å². The highest BCUT2D eigenvalue weighted by Gasteiger charge is 2.17. The van der Waals surface area contributed by atoms with E-state index < -0.39 is 5.97 Å². The van der Waals surface area contributed by atoms with Crippen LogP contribution in [0.15, 0.2) is 42.5 Å². The van der Waals surface area contributed by atoms with Crippen LogP contribution in [0, 0.1) is 0 Å². The summed E-state index contributed by atoms with van der Waals surface area (Å²) in [5.41, 5.74) is 1.17. The lowest BCUT2D eigenvalue weighted by Gasteiger charge is -2.11. The fourth-order valence-corrected chi connectivity index (χ4v) is 2.36. The second kappa shape index (κ2) is 7.70. The van der Waals surface area contributed by atoms with Crippen molar-refractivity contribution in [3.8, 4) is 11.5 Å². The highest BCUT2D eigenvalue weighted by molar-refractivity contribution is 6.31. The summed E-state index contributed by atoms with van der Waals surface area (Å²) in [5, 5.41) is 10.0. The maximum absolute atomic E-state index is 11.7. The zero-order valence-electron chi connectivity index (χ0n) is 12.9. The van der Waals surface area contributed by atoms with E-state index in [1.807, 2.05) is 19.1 Å². The van der Waals surface area contributed by atoms with E-state index >= 15 is 0 Å². The number of hydrogen-bond acceptors (Lipinski definition) is 3. The molecule has 0 radical (unpaired) electrons. The molecule has 0 saturated carbocycles. The summed E-state index contributed by atoms with van der Waals surface area (Å²) in [6.45, 7) is 2.37. The number of hydrogen-bond donors (Lipinski definition) is 1. The number of ether oxygens (including phenoxy) is 2. The predicted octanol–water partition coefficient (Wildman–Crippen LogP) is 4.37. The Morgan fingerprint density at radius 2 is 1.96 bits per heavy atom. The molecular weight excluding hydrogens is 316 g/mol. The van der Waals surface area contributed by atoms with Gasteiger partial charge >= 0.3 is 5.97 Å². The van der Waals surface area contributed by atoms with E-state index in [0.29, 0.717) is 34.3 Å². The minimum Gasteiger partial charge on any atom is -0.496 e. The van der Waals surface area contributed by atoms with E-state index in [2.05, 4.69) is 0 Å². The monoisotopic (exact) mass is 332 g/mol. The summed E-state index contributed by atoms with van der Waals surface area (Å²) in [6, 6.07) is 12.1. The first-order valence-electron chi connectivity index (χ1n) is 7.07. The lowest BCUT2D eigenvalue weighted by atomic mass is 10.0. The second-order valence-electron chi connectivity index (χ2n) is 4.68. The SMILES string of the molecule is CCOc1ccccc1/C=C(\C(=O)O)c1cc(Cl)ccc1OC. The zero-order chi connectivity index (χ0) is 16.8. The second-order valence-corrected chi connectivity index (χ2v) is 5.12. The summed E-state index contributed by atoms with van der Waals surface area (Å²) in [7, 11) is 1.49. The van der Waals surface area contributed by atoms with Crippen molar-refractivity contribution in [3.05, 3.63) is 58.6 Å². The van der Waals surface area contributed by atoms with Gasteiger partial charge in [-0.15, -0.1) is 0 Å².